The predicted octanol–water partition coefficient (Wildman–Crippen LogP) is 5.17. The van der Waals surface area contributed by atoms with E-state index in [0.29, 0.717) is 26.2 Å². The molecule has 31 heavy (non-hydrogen) atoms. The second-order valence-corrected chi connectivity index (χ2v) is 11.2. The maximum Gasteiger partial charge on any atom is 0.244 e. The van der Waals surface area contributed by atoms with Gasteiger partial charge in [-0.15, -0.1) is 11.3 Å². The molecule has 0 radical (unpaired) electrons. The largest absolute Gasteiger partial charge is 0.345 e. The van der Waals surface area contributed by atoms with Crippen LogP contribution < -0.4 is 4.90 Å². The molecule has 1 aromatic heterocycles. The Morgan fingerprint density at radius 2 is 1.81 bits per heavy atom. The van der Waals surface area contributed by atoms with Gasteiger partial charge in [0, 0.05) is 38.0 Å². The summed E-state index contributed by atoms with van der Waals surface area (Å²) < 4.78 is 27.5. The zero-order chi connectivity index (χ0) is 22.2. The fraction of sp³-hybridized carbons (Fsp3) is 0.318. The fourth-order valence-corrected chi connectivity index (χ4v) is 6.69. The molecule has 1 fully saturated rings. The number of aryl methyl sites for hydroxylation is 2. The van der Waals surface area contributed by atoms with Crippen LogP contribution in [0.5, 0.6) is 0 Å². The third-order valence-corrected chi connectivity index (χ3v) is 9.28. The van der Waals surface area contributed by atoms with Gasteiger partial charge in [0.05, 0.1) is 15.7 Å². The maximum atomic E-state index is 13.0. The normalized spacial score (nSPS) is 15.4. The Morgan fingerprint density at radius 3 is 2.55 bits per heavy atom. The Morgan fingerprint density at radius 1 is 1.06 bits per heavy atom. The van der Waals surface area contributed by atoms with Gasteiger partial charge < -0.3 is 4.90 Å². The first-order valence-electron chi connectivity index (χ1n) is 9.95. The molecule has 5 nitrogen and oxygen atoms in total. The van der Waals surface area contributed by atoms with E-state index >= 15 is 0 Å². The third kappa shape index (κ3) is 4.76. The minimum atomic E-state index is -3.69. The molecule has 164 valence electrons. The molecule has 0 bridgehead atoms. The molecule has 0 N–H and O–H groups in total. The van der Waals surface area contributed by atoms with Crippen LogP contribution in [0.1, 0.15) is 22.4 Å². The number of aromatic nitrogens is 1. The number of halogens is 2. The zero-order valence-electron chi connectivity index (χ0n) is 17.3. The lowest BCUT2D eigenvalue weighted by molar-refractivity contribution is 0.384. The molecular weight excluding hydrogens is 473 g/mol. The second-order valence-electron chi connectivity index (χ2n) is 7.67. The molecule has 1 saturated heterocycles. The molecule has 1 aliphatic rings. The predicted molar refractivity (Wildman–Crippen MR) is 128 cm³/mol. The highest BCUT2D eigenvalue weighted by molar-refractivity contribution is 7.89. The summed E-state index contributed by atoms with van der Waals surface area (Å²) in [7, 11) is -3.69. The lowest BCUT2D eigenvalue weighted by Crippen LogP contribution is -2.48. The molecule has 0 atom stereocenters. The van der Waals surface area contributed by atoms with E-state index in [4.69, 9.17) is 28.2 Å². The van der Waals surface area contributed by atoms with Crippen molar-refractivity contribution in [2.24, 2.45) is 0 Å². The lowest BCUT2D eigenvalue weighted by atomic mass is 10.0. The van der Waals surface area contributed by atoms with Crippen LogP contribution in [-0.4, -0.2) is 43.9 Å². The van der Waals surface area contributed by atoms with Crippen LogP contribution in [0.3, 0.4) is 0 Å². The zero-order valence-corrected chi connectivity index (χ0v) is 20.5. The van der Waals surface area contributed by atoms with E-state index in [1.54, 1.807) is 23.5 Å². The highest BCUT2D eigenvalue weighted by Crippen LogP contribution is 2.32. The Labute approximate surface area is 197 Å². The van der Waals surface area contributed by atoms with E-state index in [9.17, 15) is 8.42 Å². The summed E-state index contributed by atoms with van der Waals surface area (Å²) in [5, 5.41) is 3.33. The highest BCUT2D eigenvalue weighted by Gasteiger charge is 2.31. The summed E-state index contributed by atoms with van der Waals surface area (Å²) in [4.78, 5) is 7.01. The van der Waals surface area contributed by atoms with Crippen molar-refractivity contribution < 1.29 is 8.42 Å². The topological polar surface area (TPSA) is 53.5 Å². The van der Waals surface area contributed by atoms with E-state index in [1.165, 1.54) is 27.1 Å². The number of sulfonamides is 1. The van der Waals surface area contributed by atoms with Crippen molar-refractivity contribution in [3.8, 4) is 0 Å². The molecule has 2 aromatic carbocycles. The van der Waals surface area contributed by atoms with Crippen molar-refractivity contribution in [3.63, 3.8) is 0 Å². The minimum absolute atomic E-state index is 0.0557. The van der Waals surface area contributed by atoms with Crippen LogP contribution in [0.25, 0.3) is 0 Å². The third-order valence-electron chi connectivity index (χ3n) is 5.46. The molecule has 0 aliphatic carbocycles. The van der Waals surface area contributed by atoms with Crippen molar-refractivity contribution in [3.05, 3.63) is 74.2 Å². The molecule has 0 unspecified atom stereocenters. The first kappa shape index (κ1) is 22.6. The van der Waals surface area contributed by atoms with Crippen molar-refractivity contribution in [2.45, 2.75) is 25.2 Å². The molecule has 9 heteroatoms. The van der Waals surface area contributed by atoms with E-state index in [-0.39, 0.29) is 14.9 Å². The minimum Gasteiger partial charge on any atom is -0.345 e. The quantitative estimate of drug-likeness (QED) is 0.489. The average molecular weight is 496 g/mol. The monoisotopic (exact) mass is 495 g/mol. The Bertz CT molecular complexity index is 1200. The van der Waals surface area contributed by atoms with Crippen molar-refractivity contribution >= 4 is 49.7 Å². The summed E-state index contributed by atoms with van der Waals surface area (Å²) in [5.41, 5.74) is 4.83. The van der Waals surface area contributed by atoms with Gasteiger partial charge in [0.2, 0.25) is 10.0 Å². The number of nitrogens with zero attached hydrogens (tertiary/aromatic N) is 3. The Kier molecular flexibility index (Phi) is 6.60. The summed E-state index contributed by atoms with van der Waals surface area (Å²) >= 11 is 13.8. The van der Waals surface area contributed by atoms with Crippen LogP contribution in [0.4, 0.5) is 5.13 Å². The van der Waals surface area contributed by atoms with Crippen molar-refractivity contribution in [1.82, 2.24) is 9.29 Å². The number of hydrogen-bond acceptors (Lipinski definition) is 5. The van der Waals surface area contributed by atoms with Gasteiger partial charge in [-0.05, 0) is 37.1 Å². The summed E-state index contributed by atoms with van der Waals surface area (Å²) in [6, 6.07) is 11.2. The number of hydrogen-bond donors (Lipinski definition) is 0. The van der Waals surface area contributed by atoms with E-state index in [1.807, 2.05) is 0 Å². The maximum absolute atomic E-state index is 13.0. The van der Waals surface area contributed by atoms with Gasteiger partial charge in [0.15, 0.2) is 5.13 Å². The summed E-state index contributed by atoms with van der Waals surface area (Å²) in [6.45, 7) is 6.11. The van der Waals surface area contributed by atoms with Crippen molar-refractivity contribution in [2.75, 3.05) is 31.1 Å². The molecule has 3 aromatic rings. The average Bonchev–Trinajstić information content (AvgIpc) is 3.21. The van der Waals surface area contributed by atoms with E-state index < -0.39 is 10.0 Å². The van der Waals surface area contributed by atoms with E-state index in [0.717, 1.165) is 17.2 Å². The lowest BCUT2D eigenvalue weighted by Gasteiger charge is -2.34. The molecule has 4 rings (SSSR count). The number of anilines is 1. The number of rotatable bonds is 5. The number of piperazine rings is 1. The van der Waals surface area contributed by atoms with Crippen molar-refractivity contribution in [1.29, 1.82) is 0 Å². The summed E-state index contributed by atoms with van der Waals surface area (Å²) in [5.74, 6) is 0. The Balaban J connectivity index is 1.44. The van der Waals surface area contributed by atoms with Crippen LogP contribution >= 0.6 is 34.5 Å². The molecule has 0 spiro atoms. The molecule has 2 heterocycles. The first-order chi connectivity index (χ1) is 14.8. The fourth-order valence-electron chi connectivity index (χ4n) is 3.65. The molecule has 1 aliphatic heterocycles. The van der Waals surface area contributed by atoms with Gasteiger partial charge in [-0.2, -0.15) is 4.31 Å². The van der Waals surface area contributed by atoms with Gasteiger partial charge in [0.1, 0.15) is 4.90 Å². The standard InChI is InChI=1S/C22H23Cl2N3O2S2/c1-15-6-7-16(2)17(12-15)13-18-14-30-22(25-18)26-8-10-27(11-9-26)31(28,29)20-5-3-4-19(23)21(20)24/h3-7,12,14H,8-11,13H2,1-2H3. The van der Waals surface area contributed by atoms with E-state index in [2.05, 4.69) is 42.3 Å². The molecule has 0 saturated carbocycles. The van der Waals surface area contributed by atoms with Gasteiger partial charge in [-0.1, -0.05) is 53.0 Å². The highest BCUT2D eigenvalue weighted by atomic mass is 35.5. The van der Waals surface area contributed by atoms with Crippen LogP contribution in [0.15, 0.2) is 46.7 Å². The smallest absolute Gasteiger partial charge is 0.244 e. The Hall–Kier alpha value is -1.64. The van der Waals surface area contributed by atoms with Gasteiger partial charge >= 0.3 is 0 Å². The number of benzene rings is 2. The molecule has 0 amide bonds. The number of thiazole rings is 1. The second kappa shape index (κ2) is 9.08. The van der Waals surface area contributed by atoms with Gasteiger partial charge in [0.25, 0.3) is 0 Å². The van der Waals surface area contributed by atoms with Gasteiger partial charge in [-0.25, -0.2) is 13.4 Å². The first-order valence-corrected chi connectivity index (χ1v) is 13.0. The molecular formula is C22H23Cl2N3O2S2. The van der Waals surface area contributed by atoms with Crippen LogP contribution in [0.2, 0.25) is 10.0 Å². The van der Waals surface area contributed by atoms with Crippen LogP contribution in [0, 0.1) is 13.8 Å². The van der Waals surface area contributed by atoms with Gasteiger partial charge in [-0.3, -0.25) is 0 Å². The SMILES string of the molecule is Cc1ccc(C)c(Cc2csc(N3CCN(S(=O)(=O)c4cccc(Cl)c4Cl)CC3)n2)c1. The summed E-state index contributed by atoms with van der Waals surface area (Å²) in [6.07, 6.45) is 0.797. The van der Waals surface area contributed by atoms with Crippen LogP contribution in [-0.2, 0) is 16.4 Å².